The third kappa shape index (κ3) is 6.75. The fourth-order valence-corrected chi connectivity index (χ4v) is 2.20. The molecule has 1 N–H and O–H groups in total. The molecule has 0 saturated carbocycles. The molecule has 132 valence electrons. The van der Waals surface area contributed by atoms with E-state index in [4.69, 9.17) is 4.74 Å². The van der Waals surface area contributed by atoms with E-state index in [0.29, 0.717) is 5.56 Å². The second-order valence-corrected chi connectivity index (χ2v) is 5.68. The predicted molar refractivity (Wildman–Crippen MR) is 97.5 cm³/mol. The molecule has 0 aliphatic rings. The quantitative estimate of drug-likeness (QED) is 0.413. The first-order valence-electron chi connectivity index (χ1n) is 8.51. The monoisotopic (exact) mass is 342 g/mol. The molecule has 0 aliphatic heterocycles. The maximum atomic E-state index is 12.8. The van der Waals surface area contributed by atoms with Gasteiger partial charge in [0.15, 0.2) is 0 Å². The van der Waals surface area contributed by atoms with E-state index >= 15 is 0 Å². The van der Waals surface area contributed by atoms with Gasteiger partial charge in [-0.2, -0.15) is 5.10 Å². The van der Waals surface area contributed by atoms with Crippen LogP contribution in [0.15, 0.2) is 53.6 Å². The van der Waals surface area contributed by atoms with Crippen LogP contribution in [0.1, 0.15) is 48.5 Å². The van der Waals surface area contributed by atoms with Crippen LogP contribution in [0.5, 0.6) is 5.75 Å². The normalized spacial score (nSPS) is 10.8. The number of nitrogens with zero attached hydrogens (tertiary/aromatic N) is 1. The maximum absolute atomic E-state index is 12.8. The lowest BCUT2D eigenvalue weighted by Gasteiger charge is -2.06. The van der Waals surface area contributed by atoms with E-state index < -0.39 is 0 Å². The molecule has 0 aromatic heterocycles. The van der Waals surface area contributed by atoms with Crippen LogP contribution in [0.3, 0.4) is 0 Å². The second-order valence-electron chi connectivity index (χ2n) is 5.68. The van der Waals surface area contributed by atoms with Gasteiger partial charge in [0, 0.05) is 5.56 Å². The summed E-state index contributed by atoms with van der Waals surface area (Å²) in [6.45, 7) is 2.91. The van der Waals surface area contributed by atoms with Gasteiger partial charge < -0.3 is 4.74 Å². The highest BCUT2D eigenvalue weighted by Gasteiger charge is 2.03. The number of hydrazone groups is 1. The van der Waals surface area contributed by atoms with Gasteiger partial charge in [0.25, 0.3) is 5.91 Å². The average molecular weight is 342 g/mol. The third-order valence-corrected chi connectivity index (χ3v) is 3.63. The Labute approximate surface area is 147 Å². The van der Waals surface area contributed by atoms with Crippen molar-refractivity contribution < 1.29 is 13.9 Å². The molecule has 0 saturated heterocycles. The minimum Gasteiger partial charge on any atom is -0.494 e. The molecular formula is C20H23FN2O2. The molecule has 0 atom stereocenters. The molecule has 0 aliphatic carbocycles. The lowest BCUT2D eigenvalue weighted by Crippen LogP contribution is -2.17. The summed E-state index contributed by atoms with van der Waals surface area (Å²) in [5.41, 5.74) is 3.61. The third-order valence-electron chi connectivity index (χ3n) is 3.63. The van der Waals surface area contributed by atoms with Crippen molar-refractivity contribution in [3.05, 3.63) is 65.5 Å². The zero-order valence-corrected chi connectivity index (χ0v) is 14.4. The van der Waals surface area contributed by atoms with E-state index in [-0.39, 0.29) is 11.7 Å². The lowest BCUT2D eigenvalue weighted by atomic mass is 10.2. The van der Waals surface area contributed by atoms with Gasteiger partial charge in [-0.25, -0.2) is 9.82 Å². The molecule has 0 heterocycles. The Morgan fingerprint density at radius 3 is 2.48 bits per heavy atom. The molecule has 4 nitrogen and oxygen atoms in total. The van der Waals surface area contributed by atoms with Crippen molar-refractivity contribution in [3.63, 3.8) is 0 Å². The molecule has 2 rings (SSSR count). The standard InChI is InChI=1S/C20H23FN2O2/c1-2-3-4-5-14-25-19-12-6-16(7-13-19)15-22-23-20(24)17-8-10-18(21)11-9-17/h6-13,15H,2-5,14H2,1H3,(H,23,24)/b22-15-. The lowest BCUT2D eigenvalue weighted by molar-refractivity contribution is 0.0955. The minimum atomic E-state index is -0.386. The van der Waals surface area contributed by atoms with Gasteiger partial charge in [-0.15, -0.1) is 0 Å². The van der Waals surface area contributed by atoms with E-state index in [1.54, 1.807) is 6.21 Å². The molecule has 0 bridgehead atoms. The highest BCUT2D eigenvalue weighted by atomic mass is 19.1. The molecule has 25 heavy (non-hydrogen) atoms. The van der Waals surface area contributed by atoms with Crippen molar-refractivity contribution in [2.24, 2.45) is 5.10 Å². The van der Waals surface area contributed by atoms with Gasteiger partial charge in [0.05, 0.1) is 12.8 Å². The summed E-state index contributed by atoms with van der Waals surface area (Å²) in [6, 6.07) is 12.8. The van der Waals surface area contributed by atoms with Crippen molar-refractivity contribution in [2.45, 2.75) is 32.6 Å². The Bertz CT molecular complexity index is 682. The molecule has 1 amide bonds. The van der Waals surface area contributed by atoms with Gasteiger partial charge in [0.2, 0.25) is 0 Å². The number of benzene rings is 2. The van der Waals surface area contributed by atoms with E-state index in [1.165, 1.54) is 43.5 Å². The van der Waals surface area contributed by atoms with Crippen LogP contribution in [0.4, 0.5) is 4.39 Å². The van der Waals surface area contributed by atoms with Crippen LogP contribution in [0.2, 0.25) is 0 Å². The highest BCUT2D eigenvalue weighted by molar-refractivity contribution is 5.94. The number of hydrogen-bond acceptors (Lipinski definition) is 3. The van der Waals surface area contributed by atoms with Crippen molar-refractivity contribution >= 4 is 12.1 Å². The number of nitrogens with one attached hydrogen (secondary N) is 1. The summed E-state index contributed by atoms with van der Waals surface area (Å²) < 4.78 is 18.5. The van der Waals surface area contributed by atoms with E-state index in [0.717, 1.165) is 24.3 Å². The van der Waals surface area contributed by atoms with Crippen molar-refractivity contribution in [3.8, 4) is 5.75 Å². The van der Waals surface area contributed by atoms with Gasteiger partial charge >= 0.3 is 0 Å². The van der Waals surface area contributed by atoms with Gasteiger partial charge in [-0.1, -0.05) is 26.2 Å². The Balaban J connectivity index is 1.77. The Hall–Kier alpha value is -2.69. The van der Waals surface area contributed by atoms with Crippen LogP contribution in [0, 0.1) is 5.82 Å². The zero-order chi connectivity index (χ0) is 17.9. The van der Waals surface area contributed by atoms with E-state index in [1.807, 2.05) is 24.3 Å². The zero-order valence-electron chi connectivity index (χ0n) is 14.4. The van der Waals surface area contributed by atoms with E-state index in [2.05, 4.69) is 17.5 Å². The first-order chi connectivity index (χ1) is 12.2. The van der Waals surface area contributed by atoms with Crippen molar-refractivity contribution in [2.75, 3.05) is 6.61 Å². The summed E-state index contributed by atoms with van der Waals surface area (Å²) >= 11 is 0. The number of hydrogen-bond donors (Lipinski definition) is 1. The van der Waals surface area contributed by atoms with Crippen molar-refractivity contribution in [1.29, 1.82) is 0 Å². The molecule has 0 spiro atoms. The van der Waals surface area contributed by atoms with Crippen LogP contribution in [-0.2, 0) is 0 Å². The van der Waals surface area contributed by atoms with Gasteiger partial charge in [-0.3, -0.25) is 4.79 Å². The Morgan fingerprint density at radius 1 is 1.08 bits per heavy atom. The second kappa shape index (κ2) is 10.2. The predicted octanol–water partition coefficient (Wildman–Crippen LogP) is 4.55. The van der Waals surface area contributed by atoms with Crippen LogP contribution < -0.4 is 10.2 Å². The summed E-state index contributed by atoms with van der Waals surface area (Å²) in [7, 11) is 0. The molecule has 2 aromatic carbocycles. The number of amides is 1. The fourth-order valence-electron chi connectivity index (χ4n) is 2.20. The number of carbonyl (C=O) groups is 1. The van der Waals surface area contributed by atoms with Crippen LogP contribution in [-0.4, -0.2) is 18.7 Å². The topological polar surface area (TPSA) is 50.7 Å². The largest absolute Gasteiger partial charge is 0.494 e. The number of halogens is 1. The van der Waals surface area contributed by atoms with Gasteiger partial charge in [0.1, 0.15) is 11.6 Å². The van der Waals surface area contributed by atoms with E-state index in [9.17, 15) is 9.18 Å². The molecule has 2 aromatic rings. The highest BCUT2D eigenvalue weighted by Crippen LogP contribution is 2.12. The summed E-state index contributed by atoms with van der Waals surface area (Å²) in [5.74, 6) is 0.0556. The van der Waals surface area contributed by atoms with Crippen LogP contribution in [0.25, 0.3) is 0 Å². The fraction of sp³-hybridized carbons (Fsp3) is 0.300. The Kier molecular flexibility index (Phi) is 7.63. The number of rotatable bonds is 9. The number of ether oxygens (including phenoxy) is 1. The number of unbranched alkanes of at least 4 members (excludes halogenated alkanes) is 3. The molecule has 0 radical (unpaired) electrons. The summed E-state index contributed by atoms with van der Waals surface area (Å²) in [4.78, 5) is 11.8. The summed E-state index contributed by atoms with van der Waals surface area (Å²) in [5, 5.41) is 3.91. The van der Waals surface area contributed by atoms with Crippen LogP contribution >= 0.6 is 0 Å². The first-order valence-corrected chi connectivity index (χ1v) is 8.51. The molecule has 0 unspecified atom stereocenters. The smallest absolute Gasteiger partial charge is 0.271 e. The Morgan fingerprint density at radius 2 is 1.80 bits per heavy atom. The summed E-state index contributed by atoms with van der Waals surface area (Å²) in [6.07, 6.45) is 6.25. The average Bonchev–Trinajstić information content (AvgIpc) is 2.63. The first kappa shape index (κ1) is 18.6. The molecule has 5 heteroatoms. The number of carbonyl (C=O) groups excluding carboxylic acids is 1. The maximum Gasteiger partial charge on any atom is 0.271 e. The SMILES string of the molecule is CCCCCCOc1ccc(/C=N\NC(=O)c2ccc(F)cc2)cc1. The minimum absolute atomic E-state index is 0.352. The molecule has 0 fully saturated rings. The van der Waals surface area contributed by atoms with Crippen molar-refractivity contribution in [1.82, 2.24) is 5.43 Å². The molecular weight excluding hydrogens is 319 g/mol. The van der Waals surface area contributed by atoms with Gasteiger partial charge in [-0.05, 0) is 60.5 Å².